The summed E-state index contributed by atoms with van der Waals surface area (Å²) in [6.07, 6.45) is 4.32. The van der Waals surface area contributed by atoms with Crippen molar-refractivity contribution < 1.29 is 14.3 Å². The summed E-state index contributed by atoms with van der Waals surface area (Å²) in [4.78, 5) is 14.5. The van der Waals surface area contributed by atoms with Crippen LogP contribution >= 0.6 is 0 Å². The number of rotatable bonds is 4. The van der Waals surface area contributed by atoms with Crippen LogP contribution in [0.25, 0.3) is 6.08 Å². The molecular weight excluding hydrogens is 314 g/mol. The number of benzene rings is 2. The molecule has 0 aliphatic carbocycles. The molecule has 1 atom stereocenters. The predicted molar refractivity (Wildman–Crippen MR) is 98.9 cm³/mol. The molecule has 0 saturated heterocycles. The van der Waals surface area contributed by atoms with Crippen LogP contribution in [-0.4, -0.2) is 31.6 Å². The predicted octanol–water partition coefficient (Wildman–Crippen LogP) is 3.86. The van der Waals surface area contributed by atoms with E-state index in [-0.39, 0.29) is 11.9 Å². The normalized spacial score (nSPS) is 16.6. The van der Waals surface area contributed by atoms with E-state index in [0.717, 1.165) is 23.3 Å². The lowest BCUT2D eigenvalue weighted by atomic mass is 9.92. The summed E-state index contributed by atoms with van der Waals surface area (Å²) in [7, 11) is 3.27. The Morgan fingerprint density at radius 1 is 1.12 bits per heavy atom. The van der Waals surface area contributed by atoms with Crippen LogP contribution in [0.3, 0.4) is 0 Å². The van der Waals surface area contributed by atoms with Crippen molar-refractivity contribution in [2.45, 2.75) is 19.4 Å². The summed E-state index contributed by atoms with van der Waals surface area (Å²) >= 11 is 0. The third-order valence-corrected chi connectivity index (χ3v) is 4.69. The SMILES string of the molecule is COc1cc2c(cc1OC)C(C)N(C(=O)/C=C/c1ccccc1)CC2. The molecule has 1 unspecified atom stereocenters. The Balaban J connectivity index is 1.82. The minimum atomic E-state index is -0.00326. The number of fused-ring (bicyclic) bond motifs is 1. The standard InChI is InChI=1S/C21H23NO3/c1-15-18-14-20(25-3)19(24-2)13-17(18)11-12-22(15)21(23)10-9-16-7-5-4-6-8-16/h4-10,13-15H,11-12H2,1-3H3/b10-9+. The second-order valence-electron chi connectivity index (χ2n) is 6.11. The Bertz CT molecular complexity index is 783. The van der Waals surface area contributed by atoms with Gasteiger partial charge in [0.1, 0.15) is 0 Å². The minimum Gasteiger partial charge on any atom is -0.493 e. The molecule has 1 amide bonds. The number of hydrogen-bond acceptors (Lipinski definition) is 3. The van der Waals surface area contributed by atoms with Gasteiger partial charge in [0.2, 0.25) is 5.91 Å². The van der Waals surface area contributed by atoms with Crippen LogP contribution in [0.5, 0.6) is 11.5 Å². The third kappa shape index (κ3) is 3.53. The number of carbonyl (C=O) groups excluding carboxylic acids is 1. The summed E-state index contributed by atoms with van der Waals surface area (Å²) in [5.41, 5.74) is 3.35. The smallest absolute Gasteiger partial charge is 0.247 e. The number of carbonyl (C=O) groups is 1. The molecule has 0 aromatic heterocycles. The quantitative estimate of drug-likeness (QED) is 0.795. The van der Waals surface area contributed by atoms with Gasteiger partial charge < -0.3 is 14.4 Å². The number of amides is 1. The van der Waals surface area contributed by atoms with Crippen molar-refractivity contribution >= 4 is 12.0 Å². The van der Waals surface area contributed by atoms with Gasteiger partial charge in [0, 0.05) is 12.6 Å². The second kappa shape index (κ2) is 7.43. The van der Waals surface area contributed by atoms with Gasteiger partial charge in [-0.25, -0.2) is 0 Å². The van der Waals surface area contributed by atoms with E-state index in [1.165, 1.54) is 5.56 Å². The number of hydrogen-bond donors (Lipinski definition) is 0. The minimum absolute atomic E-state index is 0.00326. The van der Waals surface area contributed by atoms with Crippen molar-refractivity contribution in [2.24, 2.45) is 0 Å². The summed E-state index contributed by atoms with van der Waals surface area (Å²) in [6, 6.07) is 13.9. The first-order valence-corrected chi connectivity index (χ1v) is 8.42. The molecule has 4 nitrogen and oxygen atoms in total. The molecule has 1 heterocycles. The first-order valence-electron chi connectivity index (χ1n) is 8.42. The highest BCUT2D eigenvalue weighted by Gasteiger charge is 2.28. The lowest BCUT2D eigenvalue weighted by molar-refractivity contribution is -0.128. The zero-order valence-electron chi connectivity index (χ0n) is 14.9. The van der Waals surface area contributed by atoms with Gasteiger partial charge in [0.15, 0.2) is 11.5 Å². The van der Waals surface area contributed by atoms with Crippen LogP contribution in [0.15, 0.2) is 48.5 Å². The lowest BCUT2D eigenvalue weighted by Crippen LogP contribution is -2.37. The number of methoxy groups -OCH3 is 2. The van der Waals surface area contributed by atoms with Gasteiger partial charge in [0.25, 0.3) is 0 Å². The molecule has 0 fully saturated rings. The van der Waals surface area contributed by atoms with Gasteiger partial charge in [-0.1, -0.05) is 30.3 Å². The molecule has 130 valence electrons. The van der Waals surface area contributed by atoms with Crippen molar-refractivity contribution in [3.8, 4) is 11.5 Å². The van der Waals surface area contributed by atoms with Crippen molar-refractivity contribution in [1.29, 1.82) is 0 Å². The molecule has 0 spiro atoms. The summed E-state index contributed by atoms with van der Waals surface area (Å²) in [5.74, 6) is 1.45. The van der Waals surface area contributed by atoms with Gasteiger partial charge >= 0.3 is 0 Å². The van der Waals surface area contributed by atoms with E-state index in [0.29, 0.717) is 12.3 Å². The maximum atomic E-state index is 12.7. The monoisotopic (exact) mass is 337 g/mol. The van der Waals surface area contributed by atoms with E-state index in [9.17, 15) is 4.79 Å². The van der Waals surface area contributed by atoms with Crippen molar-refractivity contribution in [3.05, 3.63) is 65.2 Å². The van der Waals surface area contributed by atoms with E-state index < -0.39 is 0 Å². The Kier molecular flexibility index (Phi) is 5.08. The summed E-state index contributed by atoms with van der Waals surface area (Å²) in [6.45, 7) is 2.75. The lowest BCUT2D eigenvalue weighted by Gasteiger charge is -2.35. The van der Waals surface area contributed by atoms with Crippen LogP contribution in [0.2, 0.25) is 0 Å². The highest BCUT2D eigenvalue weighted by Crippen LogP contribution is 2.37. The maximum Gasteiger partial charge on any atom is 0.247 e. The van der Waals surface area contributed by atoms with Gasteiger partial charge in [-0.2, -0.15) is 0 Å². The first kappa shape index (κ1) is 17.1. The van der Waals surface area contributed by atoms with Gasteiger partial charge in [-0.3, -0.25) is 4.79 Å². The zero-order chi connectivity index (χ0) is 17.8. The molecule has 2 aromatic carbocycles. The third-order valence-electron chi connectivity index (χ3n) is 4.69. The Hall–Kier alpha value is -2.75. The first-order chi connectivity index (χ1) is 12.1. The molecule has 25 heavy (non-hydrogen) atoms. The van der Waals surface area contributed by atoms with Gasteiger partial charge in [-0.15, -0.1) is 0 Å². The molecular formula is C21H23NO3. The highest BCUT2D eigenvalue weighted by atomic mass is 16.5. The summed E-state index contributed by atoms with van der Waals surface area (Å²) < 4.78 is 10.8. The van der Waals surface area contributed by atoms with Crippen LogP contribution in [0.1, 0.15) is 29.7 Å². The topological polar surface area (TPSA) is 38.8 Å². The maximum absolute atomic E-state index is 12.7. The summed E-state index contributed by atoms with van der Waals surface area (Å²) in [5, 5.41) is 0. The molecule has 1 aliphatic rings. The Labute approximate surface area is 148 Å². The average molecular weight is 337 g/mol. The molecule has 4 heteroatoms. The van der Waals surface area contributed by atoms with E-state index in [2.05, 4.69) is 6.92 Å². The zero-order valence-corrected chi connectivity index (χ0v) is 14.9. The van der Waals surface area contributed by atoms with Crippen LogP contribution in [0.4, 0.5) is 0 Å². The molecule has 2 aromatic rings. The fourth-order valence-electron chi connectivity index (χ4n) is 3.27. The van der Waals surface area contributed by atoms with E-state index in [1.807, 2.05) is 53.4 Å². The number of ether oxygens (including phenoxy) is 2. The average Bonchev–Trinajstić information content (AvgIpc) is 2.66. The van der Waals surface area contributed by atoms with Crippen molar-refractivity contribution in [2.75, 3.05) is 20.8 Å². The highest BCUT2D eigenvalue weighted by molar-refractivity contribution is 5.92. The molecule has 0 N–H and O–H groups in total. The second-order valence-corrected chi connectivity index (χ2v) is 6.11. The molecule has 0 radical (unpaired) electrons. The molecule has 1 aliphatic heterocycles. The fourth-order valence-corrected chi connectivity index (χ4v) is 3.27. The van der Waals surface area contributed by atoms with Gasteiger partial charge in [-0.05, 0) is 48.2 Å². The molecule has 3 rings (SSSR count). The van der Waals surface area contributed by atoms with Crippen LogP contribution < -0.4 is 9.47 Å². The van der Waals surface area contributed by atoms with E-state index >= 15 is 0 Å². The number of nitrogens with zero attached hydrogens (tertiary/aromatic N) is 1. The van der Waals surface area contributed by atoms with Gasteiger partial charge in [0.05, 0.1) is 20.3 Å². The Morgan fingerprint density at radius 3 is 2.48 bits per heavy atom. The van der Waals surface area contributed by atoms with Crippen molar-refractivity contribution in [1.82, 2.24) is 4.90 Å². The fraction of sp³-hybridized carbons (Fsp3) is 0.286. The molecule has 0 saturated carbocycles. The van der Waals surface area contributed by atoms with E-state index in [4.69, 9.17) is 9.47 Å². The molecule has 0 bridgehead atoms. The largest absolute Gasteiger partial charge is 0.493 e. The van der Waals surface area contributed by atoms with Crippen molar-refractivity contribution in [3.63, 3.8) is 0 Å². The van der Waals surface area contributed by atoms with Crippen LogP contribution in [-0.2, 0) is 11.2 Å². The van der Waals surface area contributed by atoms with E-state index in [1.54, 1.807) is 20.3 Å². The Morgan fingerprint density at radius 2 is 1.80 bits per heavy atom. The van der Waals surface area contributed by atoms with Crippen LogP contribution in [0, 0.1) is 0 Å².